The zero-order valence-electron chi connectivity index (χ0n) is 10.6. The van der Waals surface area contributed by atoms with Crippen molar-refractivity contribution in [2.45, 2.75) is 32.2 Å². The Bertz CT molecular complexity index is 604. The van der Waals surface area contributed by atoms with Gasteiger partial charge >= 0.3 is 0 Å². The summed E-state index contributed by atoms with van der Waals surface area (Å²) in [5.41, 5.74) is 8.22. The molecule has 0 aliphatic heterocycles. The van der Waals surface area contributed by atoms with E-state index in [1.165, 1.54) is 0 Å². The van der Waals surface area contributed by atoms with E-state index in [-0.39, 0.29) is 5.38 Å². The Morgan fingerprint density at radius 1 is 1.44 bits per heavy atom. The van der Waals surface area contributed by atoms with Crippen LogP contribution in [0.1, 0.15) is 36.7 Å². The molecule has 0 aliphatic carbocycles. The Hall–Kier alpha value is -1.55. The first-order chi connectivity index (χ1) is 8.41. The van der Waals surface area contributed by atoms with E-state index in [1.807, 2.05) is 36.6 Å². The summed E-state index contributed by atoms with van der Waals surface area (Å²) in [5, 5.41) is -0.278. The second-order valence-corrected chi connectivity index (χ2v) is 5.18. The number of carbonyl (C=O) groups excluding carboxylic acids is 1. The molecule has 2 atom stereocenters. The topological polar surface area (TPSA) is 60.9 Å². The number of hydrogen-bond donors (Lipinski definition) is 1. The van der Waals surface area contributed by atoms with Gasteiger partial charge in [-0.3, -0.25) is 4.79 Å². The van der Waals surface area contributed by atoms with E-state index in [1.54, 1.807) is 6.92 Å². The normalized spacial score (nSPS) is 14.7. The van der Waals surface area contributed by atoms with Gasteiger partial charge in [0.2, 0.25) is 5.91 Å². The molecule has 1 heterocycles. The molecule has 2 unspecified atom stereocenters. The molecule has 18 heavy (non-hydrogen) atoms. The Labute approximate surface area is 111 Å². The van der Waals surface area contributed by atoms with E-state index in [0.717, 1.165) is 16.6 Å². The molecule has 0 radical (unpaired) electrons. The quantitative estimate of drug-likeness (QED) is 0.868. The third-order valence-corrected chi connectivity index (χ3v) is 3.22. The molecule has 1 amide bonds. The van der Waals surface area contributed by atoms with Crippen LogP contribution in [0.5, 0.6) is 0 Å². The summed E-state index contributed by atoms with van der Waals surface area (Å²) in [6.45, 7) is 5.59. The first kappa shape index (κ1) is 12.9. The van der Waals surface area contributed by atoms with Gasteiger partial charge in [0.05, 0.1) is 16.4 Å². The van der Waals surface area contributed by atoms with Crippen LogP contribution < -0.4 is 5.73 Å². The number of primary amides is 1. The molecule has 1 aromatic carbocycles. The van der Waals surface area contributed by atoms with Crippen LogP contribution in [0, 0.1) is 6.92 Å². The number of carbonyl (C=O) groups is 1. The summed E-state index contributed by atoms with van der Waals surface area (Å²) in [4.78, 5) is 15.9. The molecular weight excluding hydrogens is 250 g/mol. The van der Waals surface area contributed by atoms with Crippen molar-refractivity contribution < 1.29 is 4.79 Å². The van der Waals surface area contributed by atoms with Crippen molar-refractivity contribution in [1.82, 2.24) is 9.55 Å². The Morgan fingerprint density at radius 2 is 2.11 bits per heavy atom. The third kappa shape index (κ3) is 2.08. The lowest BCUT2D eigenvalue weighted by Gasteiger charge is -2.15. The molecule has 5 heteroatoms. The summed E-state index contributed by atoms with van der Waals surface area (Å²) in [5.74, 6) is 0.276. The fourth-order valence-corrected chi connectivity index (χ4v) is 2.19. The molecule has 1 aromatic heterocycles. The molecular formula is C13H16ClN3O. The van der Waals surface area contributed by atoms with Crippen LogP contribution in [0.25, 0.3) is 11.0 Å². The summed E-state index contributed by atoms with van der Waals surface area (Å²) in [6, 6.07) is 5.44. The Balaban J connectivity index is 2.76. The van der Waals surface area contributed by atoms with Crippen LogP contribution in [-0.2, 0) is 4.79 Å². The Morgan fingerprint density at radius 3 is 2.67 bits per heavy atom. The number of alkyl halides is 1. The number of halogens is 1. The zero-order chi connectivity index (χ0) is 13.4. The summed E-state index contributed by atoms with van der Waals surface area (Å²) < 4.78 is 1.82. The average molecular weight is 266 g/mol. The molecule has 2 rings (SSSR count). The van der Waals surface area contributed by atoms with E-state index in [4.69, 9.17) is 17.3 Å². The Kier molecular flexibility index (Phi) is 3.30. The maximum Gasteiger partial charge on any atom is 0.240 e. The van der Waals surface area contributed by atoms with Gasteiger partial charge in [0.1, 0.15) is 11.9 Å². The maximum atomic E-state index is 11.4. The fourth-order valence-electron chi connectivity index (χ4n) is 2.04. The van der Waals surface area contributed by atoms with Gasteiger partial charge in [-0.1, -0.05) is 6.07 Å². The van der Waals surface area contributed by atoms with Crippen LogP contribution in [0.4, 0.5) is 0 Å². The number of nitrogens with two attached hydrogens (primary N) is 1. The maximum absolute atomic E-state index is 11.4. The molecule has 4 nitrogen and oxygen atoms in total. The minimum Gasteiger partial charge on any atom is -0.368 e. The van der Waals surface area contributed by atoms with Crippen LogP contribution >= 0.6 is 11.6 Å². The lowest BCUT2D eigenvalue weighted by molar-refractivity contribution is -0.120. The van der Waals surface area contributed by atoms with Gasteiger partial charge in [-0.05, 0) is 38.5 Å². The fraction of sp³-hybridized carbons (Fsp3) is 0.385. The van der Waals surface area contributed by atoms with Crippen LogP contribution in [-0.4, -0.2) is 15.5 Å². The van der Waals surface area contributed by atoms with Crippen molar-refractivity contribution in [1.29, 1.82) is 0 Å². The third-order valence-electron chi connectivity index (χ3n) is 3.03. The molecule has 0 bridgehead atoms. The minimum absolute atomic E-state index is 0.278. The van der Waals surface area contributed by atoms with Gasteiger partial charge in [0, 0.05) is 0 Å². The predicted molar refractivity (Wildman–Crippen MR) is 72.6 cm³/mol. The number of aryl methyl sites for hydroxylation is 1. The van der Waals surface area contributed by atoms with E-state index in [9.17, 15) is 4.79 Å². The monoisotopic (exact) mass is 265 g/mol. The molecule has 0 fully saturated rings. The predicted octanol–water partition coefficient (Wildman–Crippen LogP) is 2.69. The largest absolute Gasteiger partial charge is 0.368 e. The van der Waals surface area contributed by atoms with Crippen molar-refractivity contribution in [3.63, 3.8) is 0 Å². The van der Waals surface area contributed by atoms with E-state index < -0.39 is 11.9 Å². The highest BCUT2D eigenvalue weighted by molar-refractivity contribution is 6.20. The number of amides is 1. The van der Waals surface area contributed by atoms with Gasteiger partial charge < -0.3 is 10.3 Å². The SMILES string of the molecule is Cc1ccc2nc(C(C)Cl)n(C(C)C(N)=O)c2c1. The van der Waals surface area contributed by atoms with Crippen molar-refractivity contribution >= 4 is 28.5 Å². The smallest absolute Gasteiger partial charge is 0.240 e. The van der Waals surface area contributed by atoms with Gasteiger partial charge in [-0.2, -0.15) is 0 Å². The van der Waals surface area contributed by atoms with Crippen molar-refractivity contribution in [3.05, 3.63) is 29.6 Å². The van der Waals surface area contributed by atoms with Crippen molar-refractivity contribution in [2.75, 3.05) is 0 Å². The average Bonchev–Trinajstić information content (AvgIpc) is 2.66. The molecule has 0 saturated carbocycles. The molecule has 0 saturated heterocycles. The van der Waals surface area contributed by atoms with E-state index in [2.05, 4.69) is 4.98 Å². The van der Waals surface area contributed by atoms with Crippen LogP contribution in [0.15, 0.2) is 18.2 Å². The highest BCUT2D eigenvalue weighted by atomic mass is 35.5. The highest BCUT2D eigenvalue weighted by Gasteiger charge is 2.21. The van der Waals surface area contributed by atoms with Crippen molar-refractivity contribution in [2.24, 2.45) is 5.73 Å². The number of benzene rings is 1. The minimum atomic E-state index is -0.465. The standard InChI is InChI=1S/C13H16ClN3O/c1-7-4-5-10-11(6-7)17(9(3)12(15)18)13(16-10)8(2)14/h4-6,8-9H,1-3H3,(H2,15,18). The van der Waals surface area contributed by atoms with Gasteiger partial charge in [0.15, 0.2) is 0 Å². The number of fused-ring (bicyclic) bond motifs is 1. The number of hydrogen-bond acceptors (Lipinski definition) is 2. The van der Waals surface area contributed by atoms with Gasteiger partial charge in [0.25, 0.3) is 0 Å². The van der Waals surface area contributed by atoms with Crippen LogP contribution in [0.2, 0.25) is 0 Å². The second kappa shape index (κ2) is 4.61. The van der Waals surface area contributed by atoms with E-state index in [0.29, 0.717) is 5.82 Å². The van der Waals surface area contributed by atoms with Gasteiger partial charge in [-0.15, -0.1) is 11.6 Å². The highest BCUT2D eigenvalue weighted by Crippen LogP contribution is 2.28. The summed E-state index contributed by atoms with van der Waals surface area (Å²) in [7, 11) is 0. The lowest BCUT2D eigenvalue weighted by atomic mass is 10.2. The van der Waals surface area contributed by atoms with Gasteiger partial charge in [-0.25, -0.2) is 4.98 Å². The zero-order valence-corrected chi connectivity index (χ0v) is 11.4. The lowest BCUT2D eigenvalue weighted by Crippen LogP contribution is -2.25. The number of imidazole rings is 1. The first-order valence-electron chi connectivity index (χ1n) is 5.83. The second-order valence-electron chi connectivity index (χ2n) is 4.53. The number of rotatable bonds is 3. The van der Waals surface area contributed by atoms with E-state index >= 15 is 0 Å². The van der Waals surface area contributed by atoms with Crippen molar-refractivity contribution in [3.8, 4) is 0 Å². The number of aromatic nitrogens is 2. The molecule has 2 aromatic rings. The van der Waals surface area contributed by atoms with Crippen LogP contribution in [0.3, 0.4) is 0 Å². The molecule has 0 aliphatic rings. The summed E-state index contributed by atoms with van der Waals surface area (Å²) >= 11 is 6.13. The summed E-state index contributed by atoms with van der Waals surface area (Å²) in [6.07, 6.45) is 0. The molecule has 2 N–H and O–H groups in total. The number of nitrogens with zero attached hydrogens (tertiary/aromatic N) is 2. The first-order valence-corrected chi connectivity index (χ1v) is 6.27. The molecule has 96 valence electrons. The molecule has 0 spiro atoms.